The number of anilines is 1. The molecule has 0 saturated carbocycles. The van der Waals surface area contributed by atoms with Crippen molar-refractivity contribution < 1.29 is 18.3 Å². The van der Waals surface area contributed by atoms with Gasteiger partial charge < -0.3 is 10.8 Å². The number of H-pyrrole nitrogens is 1. The number of nitrogens with zero attached hydrogens (tertiary/aromatic N) is 2. The minimum absolute atomic E-state index is 0.146. The Labute approximate surface area is 120 Å². The van der Waals surface area contributed by atoms with Gasteiger partial charge in [-0.3, -0.25) is 5.10 Å². The molecule has 1 aromatic carbocycles. The molecule has 0 bridgehead atoms. The first kappa shape index (κ1) is 14.9. The van der Waals surface area contributed by atoms with Crippen LogP contribution in [0.3, 0.4) is 0 Å². The molecule has 2 rings (SSSR count). The van der Waals surface area contributed by atoms with Gasteiger partial charge in [0.1, 0.15) is 12.2 Å². The number of hydrogen-bond acceptors (Lipinski definition) is 6. The molecule has 1 atom stereocenters. The van der Waals surface area contributed by atoms with Gasteiger partial charge in [-0.2, -0.15) is 5.10 Å². The third kappa shape index (κ3) is 3.17. The fourth-order valence-corrected chi connectivity index (χ4v) is 3.15. The third-order valence-corrected chi connectivity index (χ3v) is 4.28. The molecule has 112 valence electrons. The highest BCUT2D eigenvalue weighted by atomic mass is 32.2. The van der Waals surface area contributed by atoms with Gasteiger partial charge in [0.15, 0.2) is 0 Å². The first-order valence-electron chi connectivity index (χ1n) is 5.81. The summed E-state index contributed by atoms with van der Waals surface area (Å²) in [5.41, 5.74) is 5.32. The van der Waals surface area contributed by atoms with Gasteiger partial charge in [-0.15, -0.1) is 0 Å². The van der Waals surface area contributed by atoms with E-state index in [1.165, 1.54) is 12.4 Å². The number of nitrogen functional groups attached to an aromatic ring is 1. The summed E-state index contributed by atoms with van der Waals surface area (Å²) in [6.07, 6.45) is 1.24. The molecular formula is C11H13N5O4S. The highest BCUT2D eigenvalue weighted by molar-refractivity contribution is 7.89. The number of nitrogens with two attached hydrogens (primary N) is 1. The second-order valence-electron chi connectivity index (χ2n) is 4.27. The molecule has 2 aromatic rings. The monoisotopic (exact) mass is 311 g/mol. The summed E-state index contributed by atoms with van der Waals surface area (Å²) in [4.78, 5) is 14.6. The fraction of sp³-hybridized carbons (Fsp3) is 0.182. The third-order valence-electron chi connectivity index (χ3n) is 2.70. The predicted molar refractivity (Wildman–Crippen MR) is 72.9 cm³/mol. The number of rotatable bonds is 5. The van der Waals surface area contributed by atoms with Crippen LogP contribution < -0.4 is 10.5 Å². The Morgan fingerprint density at radius 3 is 2.76 bits per heavy atom. The van der Waals surface area contributed by atoms with E-state index in [0.717, 1.165) is 12.1 Å². The molecule has 10 heteroatoms. The zero-order valence-corrected chi connectivity index (χ0v) is 11.8. The van der Waals surface area contributed by atoms with Crippen molar-refractivity contribution in [3.8, 4) is 0 Å². The first-order valence-corrected chi connectivity index (χ1v) is 7.30. The van der Waals surface area contributed by atoms with Gasteiger partial charge >= 0.3 is 5.97 Å². The molecular weight excluding hydrogens is 298 g/mol. The van der Waals surface area contributed by atoms with Crippen molar-refractivity contribution in [2.75, 3.05) is 5.73 Å². The summed E-state index contributed by atoms with van der Waals surface area (Å²) >= 11 is 0. The van der Waals surface area contributed by atoms with E-state index in [1.54, 1.807) is 6.92 Å². The van der Waals surface area contributed by atoms with Gasteiger partial charge in [0.2, 0.25) is 10.0 Å². The van der Waals surface area contributed by atoms with Crippen molar-refractivity contribution in [3.05, 3.63) is 35.9 Å². The van der Waals surface area contributed by atoms with Crippen LogP contribution in [0.2, 0.25) is 0 Å². The maximum absolute atomic E-state index is 12.3. The zero-order chi connectivity index (χ0) is 15.6. The molecule has 9 nitrogen and oxygen atoms in total. The number of benzene rings is 1. The van der Waals surface area contributed by atoms with Crippen LogP contribution in [0, 0.1) is 0 Å². The van der Waals surface area contributed by atoms with Gasteiger partial charge in [-0.1, -0.05) is 0 Å². The topological polar surface area (TPSA) is 151 Å². The number of carboxylic acids is 1. The maximum Gasteiger partial charge on any atom is 0.337 e. The summed E-state index contributed by atoms with van der Waals surface area (Å²) in [6, 6.07) is 2.85. The van der Waals surface area contributed by atoms with E-state index in [0.29, 0.717) is 5.82 Å². The molecule has 0 spiro atoms. The highest BCUT2D eigenvalue weighted by Crippen LogP contribution is 2.21. The number of hydrogen-bond donors (Lipinski definition) is 4. The molecule has 0 aliphatic carbocycles. The summed E-state index contributed by atoms with van der Waals surface area (Å²) < 4.78 is 27.0. The Morgan fingerprint density at radius 2 is 2.19 bits per heavy atom. The summed E-state index contributed by atoms with van der Waals surface area (Å²) in [6.45, 7) is 1.55. The predicted octanol–water partition coefficient (Wildman–Crippen LogP) is 0.125. The van der Waals surface area contributed by atoms with E-state index in [2.05, 4.69) is 19.9 Å². The summed E-state index contributed by atoms with van der Waals surface area (Å²) in [7, 11) is -4.08. The van der Waals surface area contributed by atoms with Crippen molar-refractivity contribution in [1.82, 2.24) is 19.9 Å². The Morgan fingerprint density at radius 1 is 1.48 bits per heavy atom. The van der Waals surface area contributed by atoms with E-state index in [-0.39, 0.29) is 11.3 Å². The molecule has 0 radical (unpaired) electrons. The van der Waals surface area contributed by atoms with Crippen LogP contribution in [-0.4, -0.2) is 34.7 Å². The number of aromatic nitrogens is 3. The quantitative estimate of drug-likeness (QED) is 0.572. The van der Waals surface area contributed by atoms with Crippen LogP contribution >= 0.6 is 0 Å². The van der Waals surface area contributed by atoms with Crippen LogP contribution in [0.5, 0.6) is 0 Å². The number of sulfonamides is 1. The lowest BCUT2D eigenvalue weighted by molar-refractivity contribution is 0.0692. The minimum atomic E-state index is -4.08. The van der Waals surface area contributed by atoms with Crippen LogP contribution in [-0.2, 0) is 10.0 Å². The largest absolute Gasteiger partial charge is 0.478 e. The Bertz CT molecular complexity index is 757. The Kier molecular flexibility index (Phi) is 3.91. The van der Waals surface area contributed by atoms with Crippen molar-refractivity contribution in [2.45, 2.75) is 17.9 Å². The van der Waals surface area contributed by atoms with E-state index < -0.39 is 26.9 Å². The molecule has 21 heavy (non-hydrogen) atoms. The van der Waals surface area contributed by atoms with E-state index >= 15 is 0 Å². The van der Waals surface area contributed by atoms with Crippen LogP contribution in [0.1, 0.15) is 29.1 Å². The molecule has 1 unspecified atom stereocenters. The van der Waals surface area contributed by atoms with Crippen LogP contribution in [0.15, 0.2) is 29.4 Å². The molecule has 0 aliphatic rings. The van der Waals surface area contributed by atoms with Crippen molar-refractivity contribution in [2.24, 2.45) is 0 Å². The number of carbonyl (C=O) groups is 1. The lowest BCUT2D eigenvalue weighted by atomic mass is 10.2. The molecule has 0 saturated heterocycles. The first-order chi connectivity index (χ1) is 9.81. The van der Waals surface area contributed by atoms with Gasteiger partial charge in [-0.05, 0) is 25.1 Å². The lowest BCUT2D eigenvalue weighted by Gasteiger charge is -2.13. The average Bonchev–Trinajstić information content (AvgIpc) is 2.91. The van der Waals surface area contributed by atoms with Crippen molar-refractivity contribution in [3.63, 3.8) is 0 Å². The number of nitrogens with one attached hydrogen (secondary N) is 2. The van der Waals surface area contributed by atoms with Crippen LogP contribution in [0.4, 0.5) is 5.69 Å². The Hall–Kier alpha value is -2.46. The molecule has 1 heterocycles. The average molecular weight is 311 g/mol. The molecule has 0 fully saturated rings. The van der Waals surface area contributed by atoms with E-state index in [9.17, 15) is 13.2 Å². The molecule has 0 amide bonds. The fourth-order valence-electron chi connectivity index (χ4n) is 1.71. The highest BCUT2D eigenvalue weighted by Gasteiger charge is 2.25. The summed E-state index contributed by atoms with van der Waals surface area (Å²) in [5.74, 6) is -1.05. The van der Waals surface area contributed by atoms with Gasteiger partial charge in [-0.25, -0.2) is 22.9 Å². The standard InChI is InChI=1S/C11H13N5O4S/c1-6(10-13-5-14-15-10)16-21(19,20)9-4-7(12)2-3-8(9)11(17)18/h2-6,16H,12H2,1H3,(H,17,18)(H,13,14,15). The Balaban J connectivity index is 2.40. The van der Waals surface area contributed by atoms with Gasteiger partial charge in [0.25, 0.3) is 0 Å². The van der Waals surface area contributed by atoms with Crippen LogP contribution in [0.25, 0.3) is 0 Å². The lowest BCUT2D eigenvalue weighted by Crippen LogP contribution is -2.29. The second kappa shape index (κ2) is 5.50. The number of aromatic carboxylic acids is 1. The molecule has 5 N–H and O–H groups in total. The van der Waals surface area contributed by atoms with Gasteiger partial charge in [0.05, 0.1) is 16.5 Å². The summed E-state index contributed by atoms with van der Waals surface area (Å²) in [5, 5.41) is 15.2. The smallest absolute Gasteiger partial charge is 0.337 e. The maximum atomic E-state index is 12.3. The number of carboxylic acid groups (broad SMARTS) is 1. The van der Waals surface area contributed by atoms with Crippen molar-refractivity contribution in [1.29, 1.82) is 0 Å². The van der Waals surface area contributed by atoms with Crippen molar-refractivity contribution >= 4 is 21.7 Å². The molecule has 0 aliphatic heterocycles. The van der Waals surface area contributed by atoms with E-state index in [1.807, 2.05) is 0 Å². The van der Waals surface area contributed by atoms with E-state index in [4.69, 9.17) is 10.8 Å². The minimum Gasteiger partial charge on any atom is -0.478 e. The SMILES string of the molecule is CC(NS(=O)(=O)c1cc(N)ccc1C(=O)O)c1ncn[nH]1. The zero-order valence-electron chi connectivity index (χ0n) is 10.9. The van der Waals surface area contributed by atoms with Gasteiger partial charge in [0, 0.05) is 5.69 Å². The number of aromatic amines is 1. The second-order valence-corrected chi connectivity index (χ2v) is 5.96. The normalized spacial score (nSPS) is 13.0. The molecule has 1 aromatic heterocycles.